The molecule has 37 heavy (non-hydrogen) atoms. The molecule has 2 amide bonds. The van der Waals surface area contributed by atoms with E-state index in [0.717, 1.165) is 11.3 Å². The van der Waals surface area contributed by atoms with E-state index in [9.17, 15) is 9.59 Å². The highest BCUT2D eigenvalue weighted by Crippen LogP contribution is 2.42. The first-order valence-electron chi connectivity index (χ1n) is 12.8. The molecule has 9 nitrogen and oxygen atoms in total. The van der Waals surface area contributed by atoms with Gasteiger partial charge >= 0.3 is 0 Å². The van der Waals surface area contributed by atoms with E-state index < -0.39 is 0 Å². The van der Waals surface area contributed by atoms with Gasteiger partial charge in [0.25, 0.3) is 0 Å². The van der Waals surface area contributed by atoms with Gasteiger partial charge in [-0.15, -0.1) is 0 Å². The normalized spacial score (nSPS) is 23.6. The largest absolute Gasteiger partial charge is 0.437 e. The lowest BCUT2D eigenvalue weighted by atomic mass is 9.88. The van der Waals surface area contributed by atoms with Crippen LogP contribution in [0.4, 0.5) is 5.69 Å². The zero-order chi connectivity index (χ0) is 26.2. The van der Waals surface area contributed by atoms with Crippen molar-refractivity contribution in [1.82, 2.24) is 20.1 Å². The SMILES string of the molecule is C[C@@H]1CN(CC(=O)N2CC(C)(C)c3cnc(Oc4ccccc4Cl)cc32)[C@@H](C(=O)N2CCOCC2)CN1. The standard InChI is InChI=1S/C27H34ClN5O4/c1-18-15-32(22(14-29-18)26(35)31-8-10-36-11-9-31)16-25(34)33-17-27(2,3)19-13-30-24(12-21(19)33)37-23-7-5-4-6-20(23)28/h4-7,12-13,18,22,29H,8-11,14-17H2,1-3H3/t18-,22-/m1/s1. The summed E-state index contributed by atoms with van der Waals surface area (Å²) in [7, 11) is 0. The number of halogens is 1. The van der Waals surface area contributed by atoms with Crippen LogP contribution in [-0.4, -0.2) is 91.2 Å². The molecule has 2 atom stereocenters. The minimum atomic E-state index is -0.384. The second-order valence-electron chi connectivity index (χ2n) is 10.6. The highest BCUT2D eigenvalue weighted by atomic mass is 35.5. The molecule has 0 spiro atoms. The van der Waals surface area contributed by atoms with E-state index in [1.54, 1.807) is 23.2 Å². The van der Waals surface area contributed by atoms with Crippen LogP contribution in [-0.2, 0) is 19.7 Å². The predicted molar refractivity (Wildman–Crippen MR) is 141 cm³/mol. The van der Waals surface area contributed by atoms with Gasteiger partial charge in [0.2, 0.25) is 17.7 Å². The molecule has 1 aromatic heterocycles. The number of carbonyl (C=O) groups is 2. The molecule has 2 aromatic rings. The van der Waals surface area contributed by atoms with Crippen LogP contribution >= 0.6 is 11.6 Å². The van der Waals surface area contributed by atoms with Crippen LogP contribution in [0.2, 0.25) is 5.02 Å². The van der Waals surface area contributed by atoms with E-state index >= 15 is 0 Å². The van der Waals surface area contributed by atoms with E-state index in [1.807, 2.05) is 28.0 Å². The van der Waals surface area contributed by atoms with Crippen molar-refractivity contribution in [3.8, 4) is 11.6 Å². The fourth-order valence-corrected chi connectivity index (χ4v) is 5.49. The quantitative estimate of drug-likeness (QED) is 0.639. The molecule has 0 bridgehead atoms. The number of para-hydroxylation sites is 1. The molecule has 0 aliphatic carbocycles. The topological polar surface area (TPSA) is 87.2 Å². The predicted octanol–water partition coefficient (Wildman–Crippen LogP) is 2.67. The summed E-state index contributed by atoms with van der Waals surface area (Å²) in [6.45, 7) is 10.4. The average Bonchev–Trinajstić information content (AvgIpc) is 3.16. The summed E-state index contributed by atoms with van der Waals surface area (Å²) >= 11 is 6.27. The lowest BCUT2D eigenvalue weighted by Gasteiger charge is -2.41. The maximum Gasteiger partial charge on any atom is 0.241 e. The van der Waals surface area contributed by atoms with Gasteiger partial charge in [-0.1, -0.05) is 37.6 Å². The molecule has 10 heteroatoms. The third kappa shape index (κ3) is 5.45. The lowest BCUT2D eigenvalue weighted by Crippen LogP contribution is -2.63. The van der Waals surface area contributed by atoms with Crippen LogP contribution < -0.4 is 15.0 Å². The molecule has 2 saturated heterocycles. The minimum Gasteiger partial charge on any atom is -0.437 e. The Hall–Kier alpha value is -2.72. The number of nitrogens with zero attached hydrogens (tertiary/aromatic N) is 4. The highest BCUT2D eigenvalue weighted by Gasteiger charge is 2.41. The summed E-state index contributed by atoms with van der Waals surface area (Å²) in [6.07, 6.45) is 1.78. The summed E-state index contributed by atoms with van der Waals surface area (Å²) in [4.78, 5) is 37.3. The fourth-order valence-electron chi connectivity index (χ4n) is 5.31. The van der Waals surface area contributed by atoms with Crippen molar-refractivity contribution < 1.29 is 19.1 Å². The third-order valence-corrected chi connectivity index (χ3v) is 7.65. The second kappa shape index (κ2) is 10.6. The van der Waals surface area contributed by atoms with Crippen LogP contribution in [0.5, 0.6) is 11.6 Å². The van der Waals surface area contributed by atoms with Crippen molar-refractivity contribution >= 4 is 29.1 Å². The molecular weight excluding hydrogens is 494 g/mol. The van der Waals surface area contributed by atoms with Gasteiger partial charge in [-0.2, -0.15) is 0 Å². The number of morpholine rings is 1. The lowest BCUT2D eigenvalue weighted by molar-refractivity contribution is -0.142. The number of carbonyl (C=O) groups excluding carboxylic acids is 2. The summed E-state index contributed by atoms with van der Waals surface area (Å²) in [5, 5.41) is 3.90. The number of amides is 2. The molecule has 3 aliphatic rings. The number of rotatable bonds is 5. The monoisotopic (exact) mass is 527 g/mol. The Morgan fingerprint density at radius 3 is 2.76 bits per heavy atom. The van der Waals surface area contributed by atoms with Gasteiger partial charge in [0.1, 0.15) is 11.8 Å². The first-order valence-corrected chi connectivity index (χ1v) is 13.2. The molecule has 0 unspecified atom stereocenters. The number of piperazine rings is 1. The van der Waals surface area contributed by atoms with Crippen LogP contribution in [0, 0.1) is 0 Å². The number of nitrogens with one attached hydrogen (secondary N) is 1. The van der Waals surface area contributed by atoms with E-state index in [1.165, 1.54) is 0 Å². The maximum absolute atomic E-state index is 13.8. The molecule has 1 N–H and O–H groups in total. The van der Waals surface area contributed by atoms with Gasteiger partial charge in [0, 0.05) is 62.0 Å². The van der Waals surface area contributed by atoms with E-state index in [4.69, 9.17) is 21.1 Å². The number of hydrogen-bond donors (Lipinski definition) is 1. The zero-order valence-corrected chi connectivity index (χ0v) is 22.3. The van der Waals surface area contributed by atoms with E-state index in [0.29, 0.717) is 62.6 Å². The van der Waals surface area contributed by atoms with Gasteiger partial charge in [0.15, 0.2) is 0 Å². The smallest absolute Gasteiger partial charge is 0.241 e. The van der Waals surface area contributed by atoms with E-state index in [-0.39, 0.29) is 35.9 Å². The van der Waals surface area contributed by atoms with Crippen molar-refractivity contribution in [2.24, 2.45) is 0 Å². The minimum absolute atomic E-state index is 0.0457. The fraction of sp³-hybridized carbons (Fsp3) is 0.519. The van der Waals surface area contributed by atoms with Gasteiger partial charge in [-0.25, -0.2) is 4.98 Å². The van der Waals surface area contributed by atoms with Crippen molar-refractivity contribution in [1.29, 1.82) is 0 Å². The Kier molecular flexibility index (Phi) is 7.40. The molecule has 2 fully saturated rings. The molecule has 5 rings (SSSR count). The van der Waals surface area contributed by atoms with Gasteiger partial charge in [0.05, 0.1) is 30.5 Å². The summed E-state index contributed by atoms with van der Waals surface area (Å²) in [5.41, 5.74) is 1.51. The average molecular weight is 528 g/mol. The number of aromatic nitrogens is 1. The maximum atomic E-state index is 13.8. The Labute approximate surface area is 222 Å². The first kappa shape index (κ1) is 25.9. The summed E-state index contributed by atoms with van der Waals surface area (Å²) < 4.78 is 11.4. The number of anilines is 1. The Morgan fingerprint density at radius 2 is 2.00 bits per heavy atom. The number of fused-ring (bicyclic) bond motifs is 1. The van der Waals surface area contributed by atoms with Gasteiger partial charge < -0.3 is 24.6 Å². The number of benzene rings is 1. The van der Waals surface area contributed by atoms with Gasteiger partial charge in [-0.05, 0) is 19.1 Å². The highest BCUT2D eigenvalue weighted by molar-refractivity contribution is 6.32. The zero-order valence-electron chi connectivity index (χ0n) is 21.6. The third-order valence-electron chi connectivity index (χ3n) is 7.34. The number of ether oxygens (including phenoxy) is 2. The molecule has 0 radical (unpaired) electrons. The van der Waals surface area contributed by atoms with Crippen LogP contribution in [0.3, 0.4) is 0 Å². The summed E-state index contributed by atoms with van der Waals surface area (Å²) in [5.74, 6) is 0.886. The molecule has 4 heterocycles. The molecular formula is C27H34ClN5O4. The second-order valence-corrected chi connectivity index (χ2v) is 11.0. The van der Waals surface area contributed by atoms with Crippen LogP contribution in [0.15, 0.2) is 36.5 Å². The number of pyridine rings is 1. The Bertz CT molecular complexity index is 1170. The molecule has 1 aromatic carbocycles. The molecule has 198 valence electrons. The van der Waals surface area contributed by atoms with Crippen LogP contribution in [0.1, 0.15) is 26.3 Å². The van der Waals surface area contributed by atoms with Gasteiger partial charge in [-0.3, -0.25) is 14.5 Å². The first-order chi connectivity index (χ1) is 17.7. The molecule has 3 aliphatic heterocycles. The Morgan fingerprint density at radius 1 is 1.24 bits per heavy atom. The summed E-state index contributed by atoms with van der Waals surface area (Å²) in [6, 6.07) is 8.82. The van der Waals surface area contributed by atoms with Crippen molar-refractivity contribution in [3.63, 3.8) is 0 Å². The van der Waals surface area contributed by atoms with Crippen molar-refractivity contribution in [2.45, 2.75) is 38.3 Å². The number of hydrogen-bond acceptors (Lipinski definition) is 7. The van der Waals surface area contributed by atoms with Crippen molar-refractivity contribution in [3.05, 3.63) is 47.1 Å². The Balaban J connectivity index is 1.36. The van der Waals surface area contributed by atoms with Crippen LogP contribution in [0.25, 0.3) is 0 Å². The molecule has 0 saturated carbocycles. The van der Waals surface area contributed by atoms with E-state index in [2.05, 4.69) is 31.1 Å². The van der Waals surface area contributed by atoms with Crippen molar-refractivity contribution in [2.75, 3.05) is 57.4 Å².